The summed E-state index contributed by atoms with van der Waals surface area (Å²) in [5.41, 5.74) is 0.951. The van der Waals surface area contributed by atoms with Gasteiger partial charge in [0.2, 0.25) is 0 Å². The molecule has 0 saturated carbocycles. The predicted molar refractivity (Wildman–Crippen MR) is 83.8 cm³/mol. The molecule has 0 aliphatic heterocycles. The first kappa shape index (κ1) is 15.1. The first-order valence-corrected chi connectivity index (χ1v) is 8.00. The molecule has 0 spiro atoms. The van der Waals surface area contributed by atoms with Crippen molar-refractivity contribution in [1.82, 2.24) is 9.55 Å². The lowest BCUT2D eigenvalue weighted by molar-refractivity contribution is 0.156. The third-order valence-corrected chi connectivity index (χ3v) is 4.22. The number of aliphatic hydroxyl groups excluding tert-OH is 1. The van der Waals surface area contributed by atoms with Crippen LogP contribution < -0.4 is 0 Å². The molecule has 1 unspecified atom stereocenters. The quantitative estimate of drug-likeness (QED) is 0.789. The van der Waals surface area contributed by atoms with Gasteiger partial charge in [-0.15, -0.1) is 11.8 Å². The number of aromatic nitrogens is 2. The highest BCUT2D eigenvalue weighted by molar-refractivity contribution is 7.99. The number of nitrogens with zero attached hydrogens (tertiary/aromatic N) is 2. The lowest BCUT2D eigenvalue weighted by Crippen LogP contribution is -2.06. The van der Waals surface area contributed by atoms with Crippen LogP contribution in [0.15, 0.2) is 47.9 Å². The number of rotatable bonds is 7. The van der Waals surface area contributed by atoms with Gasteiger partial charge in [-0.2, -0.15) is 0 Å². The minimum Gasteiger partial charge on any atom is -0.387 e. The molecule has 0 bridgehead atoms. The molecule has 2 rings (SSSR count). The monoisotopic (exact) mass is 290 g/mol. The van der Waals surface area contributed by atoms with E-state index in [0.717, 1.165) is 17.2 Å². The van der Waals surface area contributed by atoms with Crippen LogP contribution in [-0.2, 0) is 6.54 Å². The summed E-state index contributed by atoms with van der Waals surface area (Å²) in [7, 11) is 0. The average molecular weight is 290 g/mol. The maximum absolute atomic E-state index is 10.2. The van der Waals surface area contributed by atoms with Gasteiger partial charge in [-0.25, -0.2) is 4.98 Å². The highest BCUT2D eigenvalue weighted by Crippen LogP contribution is 2.23. The van der Waals surface area contributed by atoms with Gasteiger partial charge in [0.15, 0.2) is 0 Å². The third kappa shape index (κ3) is 4.69. The second-order valence-electron chi connectivity index (χ2n) is 5.38. The summed E-state index contributed by atoms with van der Waals surface area (Å²) < 4.78 is 1.88. The first-order chi connectivity index (χ1) is 9.65. The fourth-order valence-electron chi connectivity index (χ4n) is 1.90. The van der Waals surface area contributed by atoms with Crippen molar-refractivity contribution in [2.75, 3.05) is 5.75 Å². The number of thioether (sulfide) groups is 1. The van der Waals surface area contributed by atoms with Crippen molar-refractivity contribution in [2.45, 2.75) is 37.8 Å². The minimum atomic E-state index is -0.487. The largest absolute Gasteiger partial charge is 0.387 e. The zero-order valence-electron chi connectivity index (χ0n) is 12.1. The Hall–Kier alpha value is -1.26. The van der Waals surface area contributed by atoms with Gasteiger partial charge in [0.25, 0.3) is 0 Å². The maximum atomic E-state index is 10.2. The molecule has 0 fully saturated rings. The number of hydrogen-bond acceptors (Lipinski definition) is 3. The van der Waals surface area contributed by atoms with Crippen LogP contribution in [0.2, 0.25) is 0 Å². The van der Waals surface area contributed by atoms with Gasteiger partial charge in [0, 0.05) is 17.3 Å². The molecule has 1 heterocycles. The SMILES string of the molecule is CC(C)CCSc1ccc(C(O)Cn2ccnc2)cc1. The van der Waals surface area contributed by atoms with E-state index in [-0.39, 0.29) is 0 Å². The molecule has 1 aromatic heterocycles. The summed E-state index contributed by atoms with van der Waals surface area (Å²) in [4.78, 5) is 5.25. The lowest BCUT2D eigenvalue weighted by atomic mass is 10.1. The molecule has 1 aromatic carbocycles. The van der Waals surface area contributed by atoms with Crippen molar-refractivity contribution in [2.24, 2.45) is 5.92 Å². The van der Waals surface area contributed by atoms with Crippen molar-refractivity contribution in [3.05, 3.63) is 48.5 Å². The van der Waals surface area contributed by atoms with Crippen molar-refractivity contribution in [3.63, 3.8) is 0 Å². The van der Waals surface area contributed by atoms with E-state index in [9.17, 15) is 5.11 Å². The van der Waals surface area contributed by atoms with E-state index in [1.807, 2.05) is 34.7 Å². The van der Waals surface area contributed by atoms with Gasteiger partial charge in [-0.1, -0.05) is 26.0 Å². The highest BCUT2D eigenvalue weighted by atomic mass is 32.2. The summed E-state index contributed by atoms with van der Waals surface area (Å²) >= 11 is 1.88. The molecular weight excluding hydrogens is 268 g/mol. The number of benzene rings is 1. The summed E-state index contributed by atoms with van der Waals surface area (Å²) in [5, 5.41) is 10.2. The summed E-state index contributed by atoms with van der Waals surface area (Å²) in [6.45, 7) is 5.03. The molecule has 1 atom stereocenters. The van der Waals surface area contributed by atoms with Crippen molar-refractivity contribution in [1.29, 1.82) is 0 Å². The number of hydrogen-bond donors (Lipinski definition) is 1. The van der Waals surface area contributed by atoms with Crippen LogP contribution >= 0.6 is 11.8 Å². The van der Waals surface area contributed by atoms with E-state index in [2.05, 4.69) is 31.0 Å². The van der Waals surface area contributed by atoms with Crippen LogP contribution in [0.3, 0.4) is 0 Å². The van der Waals surface area contributed by atoms with Crippen LogP contribution in [0.1, 0.15) is 31.9 Å². The molecule has 1 N–H and O–H groups in total. The lowest BCUT2D eigenvalue weighted by Gasteiger charge is -2.12. The summed E-state index contributed by atoms with van der Waals surface area (Å²) in [5.74, 6) is 1.90. The van der Waals surface area contributed by atoms with E-state index in [1.165, 1.54) is 11.3 Å². The standard InChI is InChI=1S/C16H22N2OS/c1-13(2)7-10-20-15-5-3-14(4-6-15)16(19)11-18-9-8-17-12-18/h3-6,8-9,12-13,16,19H,7,10-11H2,1-2H3. The first-order valence-electron chi connectivity index (χ1n) is 7.01. The number of aliphatic hydroxyl groups is 1. The van der Waals surface area contributed by atoms with Crippen LogP contribution in [0.4, 0.5) is 0 Å². The Morgan fingerprint density at radius 2 is 2.00 bits per heavy atom. The zero-order chi connectivity index (χ0) is 14.4. The van der Waals surface area contributed by atoms with Crippen molar-refractivity contribution in [3.8, 4) is 0 Å². The zero-order valence-corrected chi connectivity index (χ0v) is 12.9. The average Bonchev–Trinajstić information content (AvgIpc) is 2.92. The second-order valence-corrected chi connectivity index (χ2v) is 6.54. The third-order valence-electron chi connectivity index (χ3n) is 3.17. The van der Waals surface area contributed by atoms with Crippen molar-refractivity contribution < 1.29 is 5.11 Å². The predicted octanol–water partition coefficient (Wildman–Crippen LogP) is 3.75. The Bertz CT molecular complexity index is 494. The molecule has 20 heavy (non-hydrogen) atoms. The van der Waals surface area contributed by atoms with E-state index in [4.69, 9.17) is 0 Å². The normalized spacial score (nSPS) is 12.8. The molecule has 0 aliphatic rings. The van der Waals surface area contributed by atoms with Gasteiger partial charge in [-0.3, -0.25) is 0 Å². The molecule has 0 radical (unpaired) electrons. The molecule has 0 amide bonds. The van der Waals surface area contributed by atoms with E-state index < -0.39 is 6.10 Å². The summed E-state index contributed by atoms with van der Waals surface area (Å²) in [6.07, 6.45) is 6.05. The Morgan fingerprint density at radius 1 is 1.25 bits per heavy atom. The molecular formula is C16H22N2OS. The van der Waals surface area contributed by atoms with E-state index in [1.54, 1.807) is 12.5 Å². The van der Waals surface area contributed by atoms with Gasteiger partial charge in [0.05, 0.1) is 19.0 Å². The van der Waals surface area contributed by atoms with Gasteiger partial charge in [-0.05, 0) is 35.8 Å². The molecule has 3 nitrogen and oxygen atoms in total. The van der Waals surface area contributed by atoms with Gasteiger partial charge in [0.1, 0.15) is 0 Å². The fraction of sp³-hybridized carbons (Fsp3) is 0.438. The molecule has 4 heteroatoms. The highest BCUT2D eigenvalue weighted by Gasteiger charge is 2.08. The fourth-order valence-corrected chi connectivity index (χ4v) is 3.05. The molecule has 108 valence electrons. The van der Waals surface area contributed by atoms with E-state index >= 15 is 0 Å². The van der Waals surface area contributed by atoms with Gasteiger partial charge < -0.3 is 9.67 Å². The Morgan fingerprint density at radius 3 is 2.60 bits per heavy atom. The van der Waals surface area contributed by atoms with Crippen LogP contribution in [-0.4, -0.2) is 20.4 Å². The Labute approximate surface area is 125 Å². The topological polar surface area (TPSA) is 38.0 Å². The smallest absolute Gasteiger partial charge is 0.0969 e. The second kappa shape index (κ2) is 7.50. The molecule has 2 aromatic rings. The van der Waals surface area contributed by atoms with Crippen LogP contribution in [0.5, 0.6) is 0 Å². The van der Waals surface area contributed by atoms with Crippen LogP contribution in [0.25, 0.3) is 0 Å². The Kier molecular flexibility index (Phi) is 5.68. The van der Waals surface area contributed by atoms with E-state index in [0.29, 0.717) is 6.54 Å². The van der Waals surface area contributed by atoms with Crippen LogP contribution in [0, 0.1) is 5.92 Å². The van der Waals surface area contributed by atoms with Gasteiger partial charge >= 0.3 is 0 Å². The molecule has 0 saturated heterocycles. The van der Waals surface area contributed by atoms with Crippen molar-refractivity contribution >= 4 is 11.8 Å². The number of imidazole rings is 1. The summed E-state index contributed by atoms with van der Waals surface area (Å²) in [6, 6.07) is 8.22. The molecule has 0 aliphatic carbocycles. The Balaban J connectivity index is 1.87. The maximum Gasteiger partial charge on any atom is 0.0969 e. The minimum absolute atomic E-state index is 0.487.